The number of rotatable bonds is 4. The van der Waals surface area contributed by atoms with Gasteiger partial charge in [0.2, 0.25) is 0 Å². The lowest BCUT2D eigenvalue weighted by Crippen LogP contribution is -2.44. The highest BCUT2D eigenvalue weighted by atomic mass is 15.2. The molecule has 2 aromatic heterocycles. The molecule has 4 heteroatoms. The van der Waals surface area contributed by atoms with Gasteiger partial charge in [0.15, 0.2) is 0 Å². The first kappa shape index (κ1) is 18.0. The molecule has 2 aromatic rings. The van der Waals surface area contributed by atoms with Crippen molar-refractivity contribution in [3.8, 4) is 0 Å². The van der Waals surface area contributed by atoms with E-state index in [1.54, 1.807) is 0 Å². The van der Waals surface area contributed by atoms with E-state index in [1.807, 2.05) is 12.4 Å². The summed E-state index contributed by atoms with van der Waals surface area (Å²) in [5.74, 6) is 1.81. The van der Waals surface area contributed by atoms with Gasteiger partial charge in [-0.25, -0.2) is 0 Å². The van der Waals surface area contributed by atoms with E-state index < -0.39 is 0 Å². The van der Waals surface area contributed by atoms with Gasteiger partial charge in [-0.1, -0.05) is 13.8 Å². The summed E-state index contributed by atoms with van der Waals surface area (Å²) in [5, 5.41) is 1.27. The van der Waals surface area contributed by atoms with E-state index >= 15 is 0 Å². The second-order valence-corrected chi connectivity index (χ2v) is 8.72. The van der Waals surface area contributed by atoms with Crippen LogP contribution in [0.5, 0.6) is 0 Å². The lowest BCUT2D eigenvalue weighted by atomic mass is 9.79. The fourth-order valence-corrected chi connectivity index (χ4v) is 5.36. The normalized spacial score (nSPS) is 26.0. The zero-order chi connectivity index (χ0) is 18.1. The lowest BCUT2D eigenvalue weighted by molar-refractivity contribution is 0.0889. The minimum absolute atomic E-state index is 0.568. The molecule has 0 unspecified atom stereocenters. The monoisotopic (exact) mass is 354 g/mol. The molecule has 3 heterocycles. The van der Waals surface area contributed by atoms with Crippen molar-refractivity contribution in [2.75, 3.05) is 13.1 Å². The van der Waals surface area contributed by atoms with Crippen molar-refractivity contribution >= 4 is 10.9 Å². The van der Waals surface area contributed by atoms with E-state index in [1.165, 1.54) is 68.2 Å². The zero-order valence-electron chi connectivity index (χ0n) is 16.4. The summed E-state index contributed by atoms with van der Waals surface area (Å²) >= 11 is 0. The molecule has 2 fully saturated rings. The Morgan fingerprint density at radius 1 is 1.08 bits per heavy atom. The maximum Gasteiger partial charge on any atom is 0.0672 e. The SMILES string of the molecule is CC(C)C1CCC(N2CCC(n3c(CN)cc4ccncc43)CC2)CC1. The summed E-state index contributed by atoms with van der Waals surface area (Å²) in [6.45, 7) is 7.84. The molecule has 1 saturated heterocycles. The van der Waals surface area contributed by atoms with Crippen LogP contribution in [0.4, 0.5) is 0 Å². The highest BCUT2D eigenvalue weighted by Gasteiger charge is 2.31. The van der Waals surface area contributed by atoms with E-state index in [9.17, 15) is 0 Å². The smallest absolute Gasteiger partial charge is 0.0672 e. The first-order chi connectivity index (χ1) is 12.7. The van der Waals surface area contributed by atoms with E-state index in [0.717, 1.165) is 17.9 Å². The van der Waals surface area contributed by atoms with Gasteiger partial charge in [-0.15, -0.1) is 0 Å². The molecular weight excluding hydrogens is 320 g/mol. The van der Waals surface area contributed by atoms with Crippen molar-refractivity contribution in [1.82, 2.24) is 14.5 Å². The van der Waals surface area contributed by atoms with Gasteiger partial charge in [-0.05, 0) is 62.5 Å². The van der Waals surface area contributed by atoms with Crippen LogP contribution in [0.1, 0.15) is 64.1 Å². The summed E-state index contributed by atoms with van der Waals surface area (Å²) in [7, 11) is 0. The van der Waals surface area contributed by atoms with Gasteiger partial charge in [-0.3, -0.25) is 4.98 Å². The molecule has 26 heavy (non-hydrogen) atoms. The molecule has 0 amide bonds. The number of nitrogens with zero attached hydrogens (tertiary/aromatic N) is 3. The van der Waals surface area contributed by atoms with Gasteiger partial charge in [-0.2, -0.15) is 0 Å². The molecule has 0 spiro atoms. The second kappa shape index (κ2) is 7.69. The first-order valence-corrected chi connectivity index (χ1v) is 10.5. The van der Waals surface area contributed by atoms with Crippen molar-refractivity contribution in [2.45, 2.75) is 71.0 Å². The maximum atomic E-state index is 6.05. The van der Waals surface area contributed by atoms with Crippen LogP contribution >= 0.6 is 0 Å². The highest BCUT2D eigenvalue weighted by molar-refractivity contribution is 5.80. The van der Waals surface area contributed by atoms with E-state index in [0.29, 0.717) is 12.6 Å². The molecule has 4 rings (SSSR count). The van der Waals surface area contributed by atoms with Crippen LogP contribution in [0.15, 0.2) is 24.5 Å². The van der Waals surface area contributed by atoms with Crippen LogP contribution in [0, 0.1) is 11.8 Å². The van der Waals surface area contributed by atoms with Gasteiger partial charge >= 0.3 is 0 Å². The molecule has 2 N–H and O–H groups in total. The van der Waals surface area contributed by atoms with Crippen molar-refractivity contribution in [3.05, 3.63) is 30.2 Å². The Bertz CT molecular complexity index is 719. The Balaban J connectivity index is 1.42. The summed E-state index contributed by atoms with van der Waals surface area (Å²) < 4.78 is 2.48. The molecule has 1 aliphatic heterocycles. The van der Waals surface area contributed by atoms with Crippen LogP contribution in [-0.4, -0.2) is 33.6 Å². The van der Waals surface area contributed by atoms with Gasteiger partial charge in [0.05, 0.1) is 11.7 Å². The summed E-state index contributed by atoms with van der Waals surface area (Å²) in [6, 6.07) is 5.74. The third-order valence-corrected chi connectivity index (χ3v) is 7.00. The molecule has 2 aliphatic rings. The number of aromatic nitrogens is 2. The summed E-state index contributed by atoms with van der Waals surface area (Å²) in [6.07, 6.45) is 12.0. The molecular formula is C22H34N4. The Labute approximate surface area is 157 Å². The van der Waals surface area contributed by atoms with Crippen LogP contribution in [0.3, 0.4) is 0 Å². The predicted octanol–water partition coefficient (Wildman–Crippen LogP) is 4.35. The quantitative estimate of drug-likeness (QED) is 0.888. The van der Waals surface area contributed by atoms with Crippen molar-refractivity contribution < 1.29 is 0 Å². The summed E-state index contributed by atoms with van der Waals surface area (Å²) in [5.41, 5.74) is 8.56. The Hall–Kier alpha value is -1.39. The minimum Gasteiger partial charge on any atom is -0.339 e. The molecule has 1 saturated carbocycles. The van der Waals surface area contributed by atoms with Gasteiger partial charge in [0.25, 0.3) is 0 Å². The van der Waals surface area contributed by atoms with Crippen LogP contribution in [-0.2, 0) is 6.54 Å². The molecule has 0 atom stereocenters. The van der Waals surface area contributed by atoms with Gasteiger partial charge in [0.1, 0.15) is 0 Å². The molecule has 4 nitrogen and oxygen atoms in total. The highest BCUT2D eigenvalue weighted by Crippen LogP contribution is 2.35. The van der Waals surface area contributed by atoms with Crippen molar-refractivity contribution in [1.29, 1.82) is 0 Å². The van der Waals surface area contributed by atoms with Gasteiger partial charge in [0, 0.05) is 49.0 Å². The Kier molecular flexibility index (Phi) is 5.32. The fraction of sp³-hybridized carbons (Fsp3) is 0.682. The number of pyridine rings is 1. The van der Waals surface area contributed by atoms with Crippen LogP contribution in [0.2, 0.25) is 0 Å². The maximum absolute atomic E-state index is 6.05. The molecule has 0 radical (unpaired) electrons. The number of hydrogen-bond donors (Lipinski definition) is 1. The molecule has 142 valence electrons. The average Bonchev–Trinajstić information content (AvgIpc) is 3.07. The molecule has 0 bridgehead atoms. The van der Waals surface area contributed by atoms with Crippen LogP contribution in [0.25, 0.3) is 10.9 Å². The standard InChI is InChI=1S/C22H34N4/c1-16(2)17-3-5-19(6-4-17)25-11-8-20(9-12-25)26-21(14-23)13-18-7-10-24-15-22(18)26/h7,10,13,15-17,19-20H,3-6,8-9,11-12,14,23H2,1-2H3. The van der Waals surface area contributed by atoms with E-state index in [-0.39, 0.29) is 0 Å². The van der Waals surface area contributed by atoms with E-state index in [2.05, 4.69) is 40.4 Å². The minimum atomic E-state index is 0.568. The second-order valence-electron chi connectivity index (χ2n) is 8.72. The topological polar surface area (TPSA) is 47.1 Å². The average molecular weight is 355 g/mol. The largest absolute Gasteiger partial charge is 0.339 e. The third-order valence-electron chi connectivity index (χ3n) is 7.00. The van der Waals surface area contributed by atoms with Crippen molar-refractivity contribution in [3.63, 3.8) is 0 Å². The number of hydrogen-bond acceptors (Lipinski definition) is 3. The van der Waals surface area contributed by atoms with Crippen LogP contribution < -0.4 is 5.73 Å². The first-order valence-electron chi connectivity index (χ1n) is 10.5. The summed E-state index contributed by atoms with van der Waals surface area (Å²) in [4.78, 5) is 7.13. The lowest BCUT2D eigenvalue weighted by Gasteiger charge is -2.42. The number of nitrogens with two attached hydrogens (primary N) is 1. The zero-order valence-corrected chi connectivity index (χ0v) is 16.4. The Morgan fingerprint density at radius 3 is 2.46 bits per heavy atom. The number of piperidine rings is 1. The fourth-order valence-electron chi connectivity index (χ4n) is 5.36. The predicted molar refractivity (Wildman–Crippen MR) is 108 cm³/mol. The van der Waals surface area contributed by atoms with E-state index in [4.69, 9.17) is 5.73 Å². The molecule has 1 aliphatic carbocycles. The molecule has 0 aromatic carbocycles. The number of likely N-dealkylation sites (tertiary alicyclic amines) is 1. The van der Waals surface area contributed by atoms with Crippen molar-refractivity contribution in [2.24, 2.45) is 17.6 Å². The number of fused-ring (bicyclic) bond motifs is 1. The third kappa shape index (κ3) is 3.41. The van der Waals surface area contributed by atoms with Gasteiger partial charge < -0.3 is 15.2 Å². The Morgan fingerprint density at radius 2 is 1.81 bits per heavy atom.